The molecule has 132 valence electrons. The molecule has 0 N–H and O–H groups in total. The van der Waals surface area contributed by atoms with Crippen LogP contribution in [0, 0.1) is 11.8 Å². The van der Waals surface area contributed by atoms with Gasteiger partial charge in [0.15, 0.2) is 5.76 Å². The number of aromatic nitrogens is 1. The summed E-state index contributed by atoms with van der Waals surface area (Å²) >= 11 is 0. The third-order valence-electron chi connectivity index (χ3n) is 6.10. The quantitative estimate of drug-likeness (QED) is 0.834. The highest BCUT2D eigenvalue weighted by molar-refractivity contribution is 5.58. The highest BCUT2D eigenvalue weighted by Crippen LogP contribution is 2.35. The van der Waals surface area contributed by atoms with E-state index in [9.17, 15) is 0 Å². The van der Waals surface area contributed by atoms with Gasteiger partial charge in [0, 0.05) is 43.9 Å². The van der Waals surface area contributed by atoms with E-state index in [1.807, 2.05) is 18.2 Å². The summed E-state index contributed by atoms with van der Waals surface area (Å²) in [5, 5.41) is 4.28. The lowest BCUT2D eigenvalue weighted by atomic mass is 9.95. The molecule has 1 aromatic carbocycles. The van der Waals surface area contributed by atoms with Crippen LogP contribution in [0.25, 0.3) is 11.3 Å². The van der Waals surface area contributed by atoms with Crippen LogP contribution >= 0.6 is 0 Å². The Hall–Kier alpha value is -1.65. The minimum Gasteiger partial charge on any atom is -0.359 e. The number of hydrogen-bond acceptors (Lipinski definition) is 4. The predicted octanol–water partition coefficient (Wildman–Crippen LogP) is 3.65. The number of benzene rings is 1. The van der Waals surface area contributed by atoms with E-state index in [0.717, 1.165) is 41.4 Å². The summed E-state index contributed by atoms with van der Waals surface area (Å²) in [6, 6.07) is 13.2. The molecule has 0 radical (unpaired) electrons. The molecule has 0 amide bonds. The molecule has 2 atom stereocenters. The van der Waals surface area contributed by atoms with Crippen molar-refractivity contribution in [3.05, 3.63) is 42.2 Å². The summed E-state index contributed by atoms with van der Waals surface area (Å²) in [6.07, 6.45) is 5.68. The number of piperidine rings is 1. The molecule has 0 spiro atoms. The maximum atomic E-state index is 5.65. The van der Waals surface area contributed by atoms with E-state index < -0.39 is 0 Å². The Bertz CT molecular complexity index is 709. The first-order valence-corrected chi connectivity index (χ1v) is 9.81. The van der Waals surface area contributed by atoms with E-state index in [2.05, 4.69) is 33.2 Å². The molecule has 6 rings (SSSR count). The lowest BCUT2D eigenvalue weighted by Crippen LogP contribution is -2.44. The van der Waals surface area contributed by atoms with Crippen LogP contribution in [0.3, 0.4) is 0 Å². The van der Waals surface area contributed by atoms with Gasteiger partial charge in [-0.2, -0.15) is 0 Å². The smallest absolute Gasteiger partial charge is 0.151 e. The first kappa shape index (κ1) is 15.6. The molecule has 4 heteroatoms. The SMILES string of the molecule is c1ccc(-c2cc(CN3C[C@H]4CC[C@@H](C3)N(CC3CC3)C4)on2)cc1. The van der Waals surface area contributed by atoms with E-state index >= 15 is 0 Å². The number of fused-ring (bicyclic) bond motifs is 4. The number of nitrogens with zero attached hydrogens (tertiary/aromatic N) is 3. The Balaban J connectivity index is 1.26. The summed E-state index contributed by atoms with van der Waals surface area (Å²) in [6.45, 7) is 5.94. The lowest BCUT2D eigenvalue weighted by molar-refractivity contribution is 0.124. The van der Waals surface area contributed by atoms with Crippen molar-refractivity contribution in [2.24, 2.45) is 11.8 Å². The lowest BCUT2D eigenvalue weighted by Gasteiger charge is -2.36. The Kier molecular flexibility index (Phi) is 4.10. The first-order valence-electron chi connectivity index (χ1n) is 9.81. The molecular formula is C21H27N3O. The topological polar surface area (TPSA) is 32.5 Å². The molecule has 4 nitrogen and oxygen atoms in total. The van der Waals surface area contributed by atoms with Gasteiger partial charge in [-0.1, -0.05) is 35.5 Å². The zero-order chi connectivity index (χ0) is 16.6. The fourth-order valence-corrected chi connectivity index (χ4v) is 4.61. The average molecular weight is 337 g/mol. The molecule has 4 aliphatic rings. The Labute approximate surface area is 149 Å². The van der Waals surface area contributed by atoms with Crippen molar-refractivity contribution in [3.8, 4) is 11.3 Å². The van der Waals surface area contributed by atoms with Crippen molar-refractivity contribution in [1.29, 1.82) is 0 Å². The van der Waals surface area contributed by atoms with Crippen molar-refractivity contribution in [2.75, 3.05) is 26.2 Å². The van der Waals surface area contributed by atoms with E-state index in [1.165, 1.54) is 51.9 Å². The van der Waals surface area contributed by atoms with Crippen LogP contribution in [0.4, 0.5) is 0 Å². The van der Waals surface area contributed by atoms with Crippen LogP contribution in [0.2, 0.25) is 0 Å². The van der Waals surface area contributed by atoms with Crippen molar-refractivity contribution in [2.45, 2.75) is 38.3 Å². The second-order valence-electron chi connectivity index (χ2n) is 8.23. The zero-order valence-corrected chi connectivity index (χ0v) is 14.8. The van der Waals surface area contributed by atoms with Gasteiger partial charge in [-0.25, -0.2) is 0 Å². The molecule has 2 bridgehead atoms. The van der Waals surface area contributed by atoms with E-state index in [-0.39, 0.29) is 0 Å². The molecule has 3 aliphatic heterocycles. The second-order valence-corrected chi connectivity index (χ2v) is 8.23. The molecule has 1 aliphatic carbocycles. The third kappa shape index (κ3) is 3.51. The van der Waals surface area contributed by atoms with Crippen LogP contribution in [0.1, 0.15) is 31.4 Å². The van der Waals surface area contributed by atoms with E-state index in [0.29, 0.717) is 0 Å². The Morgan fingerprint density at radius 3 is 2.72 bits per heavy atom. The number of hydrogen-bond donors (Lipinski definition) is 0. The first-order chi connectivity index (χ1) is 12.3. The van der Waals surface area contributed by atoms with E-state index in [1.54, 1.807) is 0 Å². The maximum absolute atomic E-state index is 5.65. The average Bonchev–Trinajstić information content (AvgIpc) is 3.39. The van der Waals surface area contributed by atoms with Crippen LogP contribution < -0.4 is 0 Å². The van der Waals surface area contributed by atoms with Crippen molar-refractivity contribution in [3.63, 3.8) is 0 Å². The largest absolute Gasteiger partial charge is 0.359 e. The number of rotatable bonds is 5. The normalized spacial score (nSPS) is 27.5. The molecule has 25 heavy (non-hydrogen) atoms. The van der Waals surface area contributed by atoms with Crippen molar-refractivity contribution < 1.29 is 4.52 Å². The van der Waals surface area contributed by atoms with Gasteiger partial charge in [0.1, 0.15) is 5.69 Å². The van der Waals surface area contributed by atoms with Crippen LogP contribution in [0.5, 0.6) is 0 Å². The van der Waals surface area contributed by atoms with Crippen LogP contribution in [-0.2, 0) is 6.54 Å². The van der Waals surface area contributed by atoms with Gasteiger partial charge in [0.25, 0.3) is 0 Å². The van der Waals surface area contributed by atoms with Crippen molar-refractivity contribution >= 4 is 0 Å². The summed E-state index contributed by atoms with van der Waals surface area (Å²) < 4.78 is 5.65. The minimum absolute atomic E-state index is 0.746. The minimum atomic E-state index is 0.746. The summed E-state index contributed by atoms with van der Waals surface area (Å²) in [7, 11) is 0. The van der Waals surface area contributed by atoms with Gasteiger partial charge in [-0.05, 0) is 37.5 Å². The predicted molar refractivity (Wildman–Crippen MR) is 98.0 cm³/mol. The molecule has 4 heterocycles. The summed E-state index contributed by atoms with van der Waals surface area (Å²) in [4.78, 5) is 5.39. The van der Waals surface area contributed by atoms with Gasteiger partial charge in [0.2, 0.25) is 0 Å². The van der Waals surface area contributed by atoms with Crippen molar-refractivity contribution in [1.82, 2.24) is 15.0 Å². The Morgan fingerprint density at radius 1 is 1.00 bits per heavy atom. The Morgan fingerprint density at radius 2 is 1.88 bits per heavy atom. The van der Waals surface area contributed by atoms with Crippen LogP contribution in [-0.4, -0.2) is 47.2 Å². The summed E-state index contributed by atoms with van der Waals surface area (Å²) in [5.74, 6) is 2.82. The molecular weight excluding hydrogens is 310 g/mol. The highest BCUT2D eigenvalue weighted by Gasteiger charge is 2.37. The van der Waals surface area contributed by atoms with Crippen LogP contribution in [0.15, 0.2) is 40.9 Å². The molecule has 4 fully saturated rings. The van der Waals surface area contributed by atoms with Gasteiger partial charge in [-0.3, -0.25) is 9.80 Å². The van der Waals surface area contributed by atoms with Gasteiger partial charge in [-0.15, -0.1) is 0 Å². The van der Waals surface area contributed by atoms with Gasteiger partial charge in [0.05, 0.1) is 6.54 Å². The highest BCUT2D eigenvalue weighted by atomic mass is 16.5. The molecule has 1 saturated carbocycles. The monoisotopic (exact) mass is 337 g/mol. The third-order valence-corrected chi connectivity index (χ3v) is 6.10. The maximum Gasteiger partial charge on any atom is 0.151 e. The molecule has 0 unspecified atom stereocenters. The van der Waals surface area contributed by atoms with Gasteiger partial charge < -0.3 is 4.52 Å². The zero-order valence-electron chi connectivity index (χ0n) is 14.8. The molecule has 3 saturated heterocycles. The fourth-order valence-electron chi connectivity index (χ4n) is 4.61. The fraction of sp³-hybridized carbons (Fsp3) is 0.571. The van der Waals surface area contributed by atoms with E-state index in [4.69, 9.17) is 4.52 Å². The standard InChI is InChI=1S/C21H27N3O/c1-2-4-18(5-3-1)21-10-20(25-22-21)15-23-11-17-8-9-19(14-23)24(13-17)12-16-6-7-16/h1-5,10,16-17,19H,6-9,11-15H2/t17-,19+/m1/s1. The second kappa shape index (κ2) is 6.58. The molecule has 2 aromatic rings. The molecule has 1 aromatic heterocycles. The summed E-state index contributed by atoms with van der Waals surface area (Å²) in [5.41, 5.74) is 2.08. The van der Waals surface area contributed by atoms with Gasteiger partial charge >= 0.3 is 0 Å².